The predicted molar refractivity (Wildman–Crippen MR) is 66.8 cm³/mol. The highest BCUT2D eigenvalue weighted by atomic mass is 32.1. The molecule has 2 rings (SSSR count). The summed E-state index contributed by atoms with van der Waals surface area (Å²) in [6.07, 6.45) is 1.40. The summed E-state index contributed by atoms with van der Waals surface area (Å²) >= 11 is 1.02. The Hall–Kier alpha value is -2.09. The molecule has 8 heteroatoms. The molecule has 0 spiro atoms. The number of rotatable bonds is 3. The van der Waals surface area contributed by atoms with Crippen molar-refractivity contribution in [2.75, 3.05) is 5.32 Å². The second kappa shape index (κ2) is 5.70. The number of nitrogens with one attached hydrogen (secondary N) is 2. The fraction of sp³-hybridized carbons (Fsp3) is 0.182. The maximum atomic E-state index is 13.5. The van der Waals surface area contributed by atoms with Gasteiger partial charge in [-0.1, -0.05) is 10.6 Å². The van der Waals surface area contributed by atoms with Gasteiger partial charge in [0.05, 0.1) is 12.2 Å². The molecular weight excluding hydrogens is 274 g/mol. The van der Waals surface area contributed by atoms with Gasteiger partial charge in [0.2, 0.25) is 0 Å². The molecule has 19 heavy (non-hydrogen) atoms. The van der Waals surface area contributed by atoms with Crippen LogP contribution in [0.5, 0.6) is 0 Å². The Morgan fingerprint density at radius 3 is 2.84 bits per heavy atom. The molecule has 1 atom stereocenters. The number of amides is 2. The molecule has 0 aliphatic carbocycles. The lowest BCUT2D eigenvalue weighted by molar-refractivity contribution is 0.249. The molecule has 0 radical (unpaired) electrons. The van der Waals surface area contributed by atoms with E-state index in [1.807, 2.05) is 0 Å². The number of carbonyl (C=O) groups excluding carboxylic acids is 1. The van der Waals surface area contributed by atoms with Gasteiger partial charge in [0.25, 0.3) is 0 Å². The van der Waals surface area contributed by atoms with E-state index in [-0.39, 0.29) is 5.56 Å². The van der Waals surface area contributed by atoms with Crippen LogP contribution in [0.2, 0.25) is 0 Å². The van der Waals surface area contributed by atoms with E-state index in [4.69, 9.17) is 0 Å². The fourth-order valence-electron chi connectivity index (χ4n) is 1.50. The van der Waals surface area contributed by atoms with Gasteiger partial charge in [-0.3, -0.25) is 5.32 Å². The zero-order valence-electron chi connectivity index (χ0n) is 9.85. The maximum absolute atomic E-state index is 13.5. The molecule has 1 aromatic heterocycles. The number of aromatic nitrogens is 2. The summed E-state index contributed by atoms with van der Waals surface area (Å²) in [5.41, 5.74) is 0.207. The standard InChI is InChI=1S/C11H10F2N4OS/c1-6(8-3-2-7(12)4-9(8)13)15-11(18)16-10-5-14-17-19-10/h2-6H,1H3,(H2,15,16,18). The molecule has 2 N–H and O–H groups in total. The smallest absolute Gasteiger partial charge is 0.320 e. The van der Waals surface area contributed by atoms with E-state index in [1.165, 1.54) is 12.3 Å². The summed E-state index contributed by atoms with van der Waals surface area (Å²) in [7, 11) is 0. The monoisotopic (exact) mass is 284 g/mol. The van der Waals surface area contributed by atoms with Crippen LogP contribution in [0.15, 0.2) is 24.4 Å². The first kappa shape index (κ1) is 13.3. The second-order valence-electron chi connectivity index (χ2n) is 3.77. The van der Waals surface area contributed by atoms with Gasteiger partial charge in [-0.2, -0.15) is 0 Å². The van der Waals surface area contributed by atoms with E-state index >= 15 is 0 Å². The number of urea groups is 1. The van der Waals surface area contributed by atoms with Crippen molar-refractivity contribution in [2.24, 2.45) is 0 Å². The lowest BCUT2D eigenvalue weighted by atomic mass is 10.1. The Morgan fingerprint density at radius 2 is 2.21 bits per heavy atom. The summed E-state index contributed by atoms with van der Waals surface area (Å²) in [5.74, 6) is -1.36. The van der Waals surface area contributed by atoms with E-state index in [0.717, 1.165) is 23.7 Å². The van der Waals surface area contributed by atoms with Gasteiger partial charge < -0.3 is 5.32 Å². The molecule has 2 amide bonds. The van der Waals surface area contributed by atoms with Gasteiger partial charge in [-0.05, 0) is 13.0 Å². The van der Waals surface area contributed by atoms with Crippen molar-refractivity contribution >= 4 is 22.6 Å². The van der Waals surface area contributed by atoms with Crippen molar-refractivity contribution in [2.45, 2.75) is 13.0 Å². The van der Waals surface area contributed by atoms with Gasteiger partial charge in [-0.15, -0.1) is 5.10 Å². The van der Waals surface area contributed by atoms with Crippen molar-refractivity contribution < 1.29 is 13.6 Å². The first-order valence-electron chi connectivity index (χ1n) is 5.36. The molecule has 0 aliphatic heterocycles. The zero-order valence-corrected chi connectivity index (χ0v) is 10.7. The quantitative estimate of drug-likeness (QED) is 0.910. The van der Waals surface area contributed by atoms with Crippen LogP contribution in [0.4, 0.5) is 18.6 Å². The molecule has 1 aromatic carbocycles. The Kier molecular flexibility index (Phi) is 4.00. The summed E-state index contributed by atoms with van der Waals surface area (Å²) < 4.78 is 29.9. The highest BCUT2D eigenvalue weighted by Gasteiger charge is 2.14. The number of carbonyl (C=O) groups is 1. The molecule has 2 aromatic rings. The average molecular weight is 284 g/mol. The maximum Gasteiger partial charge on any atom is 0.320 e. The van der Waals surface area contributed by atoms with Crippen LogP contribution in [-0.2, 0) is 0 Å². The van der Waals surface area contributed by atoms with Crippen LogP contribution in [0, 0.1) is 11.6 Å². The zero-order chi connectivity index (χ0) is 13.8. The summed E-state index contributed by atoms with van der Waals surface area (Å²) in [5, 5.41) is 9.07. The third kappa shape index (κ3) is 3.44. The van der Waals surface area contributed by atoms with E-state index in [1.54, 1.807) is 6.92 Å². The van der Waals surface area contributed by atoms with Gasteiger partial charge >= 0.3 is 6.03 Å². The highest BCUT2D eigenvalue weighted by molar-refractivity contribution is 7.10. The number of hydrogen-bond acceptors (Lipinski definition) is 4. The van der Waals surface area contributed by atoms with Gasteiger partial charge in [-0.25, -0.2) is 13.6 Å². The van der Waals surface area contributed by atoms with Crippen LogP contribution in [0.25, 0.3) is 0 Å². The number of hydrogen-bond donors (Lipinski definition) is 2. The third-order valence-electron chi connectivity index (χ3n) is 2.37. The molecule has 1 unspecified atom stereocenters. The number of benzene rings is 1. The van der Waals surface area contributed by atoms with Crippen molar-refractivity contribution in [3.05, 3.63) is 41.6 Å². The minimum atomic E-state index is -0.702. The Balaban J connectivity index is 2.00. The predicted octanol–water partition coefficient (Wildman–Crippen LogP) is 2.70. The third-order valence-corrected chi connectivity index (χ3v) is 2.95. The molecule has 0 bridgehead atoms. The lowest BCUT2D eigenvalue weighted by Gasteiger charge is -2.15. The largest absolute Gasteiger partial charge is 0.331 e. The minimum Gasteiger partial charge on any atom is -0.331 e. The normalized spacial score (nSPS) is 11.9. The second-order valence-corrected chi connectivity index (χ2v) is 4.55. The van der Waals surface area contributed by atoms with Crippen molar-refractivity contribution in [1.29, 1.82) is 0 Å². The van der Waals surface area contributed by atoms with Crippen LogP contribution in [0.3, 0.4) is 0 Å². The summed E-state index contributed by atoms with van der Waals surface area (Å²) in [6.45, 7) is 1.60. The van der Waals surface area contributed by atoms with E-state index in [9.17, 15) is 13.6 Å². The van der Waals surface area contributed by atoms with Crippen molar-refractivity contribution in [1.82, 2.24) is 14.9 Å². The van der Waals surface area contributed by atoms with Crippen LogP contribution < -0.4 is 10.6 Å². The first-order chi connectivity index (χ1) is 9.06. The molecule has 0 saturated carbocycles. The van der Waals surface area contributed by atoms with Gasteiger partial charge in [0.15, 0.2) is 0 Å². The van der Waals surface area contributed by atoms with E-state index in [0.29, 0.717) is 5.00 Å². The number of halogens is 2. The summed E-state index contributed by atoms with van der Waals surface area (Å²) in [6, 6.07) is 2.10. The molecule has 5 nitrogen and oxygen atoms in total. The van der Waals surface area contributed by atoms with Crippen LogP contribution in [-0.4, -0.2) is 15.6 Å². The first-order valence-corrected chi connectivity index (χ1v) is 6.13. The van der Waals surface area contributed by atoms with Crippen molar-refractivity contribution in [3.63, 3.8) is 0 Å². The van der Waals surface area contributed by atoms with Crippen LogP contribution in [0.1, 0.15) is 18.5 Å². The molecular formula is C11H10F2N4OS. The van der Waals surface area contributed by atoms with Gasteiger partial charge in [0, 0.05) is 23.2 Å². The highest BCUT2D eigenvalue weighted by Crippen LogP contribution is 2.18. The Labute approximate surface area is 111 Å². The van der Waals surface area contributed by atoms with E-state index in [2.05, 4.69) is 20.2 Å². The minimum absolute atomic E-state index is 0.207. The van der Waals surface area contributed by atoms with Crippen LogP contribution >= 0.6 is 11.5 Å². The lowest BCUT2D eigenvalue weighted by Crippen LogP contribution is -2.31. The van der Waals surface area contributed by atoms with Gasteiger partial charge in [0.1, 0.15) is 16.6 Å². The Bertz CT molecular complexity index is 576. The summed E-state index contributed by atoms with van der Waals surface area (Å²) in [4.78, 5) is 11.6. The Morgan fingerprint density at radius 1 is 1.42 bits per heavy atom. The molecule has 1 heterocycles. The molecule has 0 fully saturated rings. The number of nitrogens with zero attached hydrogens (tertiary/aromatic N) is 2. The molecule has 100 valence electrons. The average Bonchev–Trinajstić information content (AvgIpc) is 2.81. The topological polar surface area (TPSA) is 66.9 Å². The fourth-order valence-corrected chi connectivity index (χ4v) is 1.91. The van der Waals surface area contributed by atoms with E-state index < -0.39 is 23.7 Å². The SMILES string of the molecule is CC(NC(=O)Nc1cnns1)c1ccc(F)cc1F. The van der Waals surface area contributed by atoms with Crippen molar-refractivity contribution in [3.8, 4) is 0 Å². The molecule has 0 aliphatic rings. The number of anilines is 1. The molecule has 0 saturated heterocycles.